The number of hydrogen-bond acceptors (Lipinski definition) is 2. The van der Waals surface area contributed by atoms with Gasteiger partial charge in [-0.3, -0.25) is 4.57 Å². The van der Waals surface area contributed by atoms with Crippen LogP contribution < -0.4 is 24.0 Å². The Hall–Kier alpha value is -1.60. The molecule has 2 aromatic rings. The number of nitriles is 1. The number of benzene rings is 1. The SMILES string of the molecule is Cc1ncn(-c2ccc(C(F)(F)F)cc2C#N)c1C[N+](C)(C)C.[I-]. The molecule has 0 atom stereocenters. The molecule has 1 aromatic carbocycles. The van der Waals surface area contributed by atoms with E-state index in [9.17, 15) is 18.4 Å². The van der Waals surface area contributed by atoms with Crippen molar-refractivity contribution in [1.82, 2.24) is 9.55 Å². The van der Waals surface area contributed by atoms with Gasteiger partial charge in [-0.25, -0.2) is 4.98 Å². The highest BCUT2D eigenvalue weighted by molar-refractivity contribution is 5.52. The van der Waals surface area contributed by atoms with Gasteiger partial charge < -0.3 is 28.5 Å². The van der Waals surface area contributed by atoms with Crippen LogP contribution in [-0.4, -0.2) is 35.2 Å². The van der Waals surface area contributed by atoms with Gasteiger partial charge in [0.1, 0.15) is 18.3 Å². The molecular formula is C16H18F3IN4. The summed E-state index contributed by atoms with van der Waals surface area (Å²) < 4.78 is 40.8. The lowest BCUT2D eigenvalue weighted by atomic mass is 10.1. The fraction of sp³-hybridized carbons (Fsp3) is 0.375. The van der Waals surface area contributed by atoms with Crippen molar-refractivity contribution >= 4 is 0 Å². The predicted octanol–water partition coefficient (Wildman–Crippen LogP) is 0.281. The summed E-state index contributed by atoms with van der Waals surface area (Å²) in [6, 6.07) is 5.04. The highest BCUT2D eigenvalue weighted by atomic mass is 127. The molecule has 0 N–H and O–H groups in total. The van der Waals surface area contributed by atoms with Crippen molar-refractivity contribution in [3.05, 3.63) is 47.0 Å². The molecule has 0 aliphatic carbocycles. The van der Waals surface area contributed by atoms with Crippen LogP contribution in [0.4, 0.5) is 13.2 Å². The largest absolute Gasteiger partial charge is 1.00 e. The maximum atomic E-state index is 12.8. The highest BCUT2D eigenvalue weighted by Gasteiger charge is 2.31. The van der Waals surface area contributed by atoms with Gasteiger partial charge in [0.2, 0.25) is 0 Å². The predicted molar refractivity (Wildman–Crippen MR) is 79.8 cm³/mol. The topological polar surface area (TPSA) is 41.6 Å². The minimum Gasteiger partial charge on any atom is -1.00 e. The number of rotatable bonds is 3. The number of halogens is 4. The first-order valence-electron chi connectivity index (χ1n) is 6.98. The van der Waals surface area contributed by atoms with Crippen molar-refractivity contribution in [3.63, 3.8) is 0 Å². The van der Waals surface area contributed by atoms with Gasteiger partial charge in [0.15, 0.2) is 0 Å². The standard InChI is InChI=1S/C16H18F3N4.HI/c1-11-15(9-23(2,3)4)22(10-21-11)14-6-5-13(16(17,18)19)7-12(14)8-20;/h5-7,10H,9H2,1-4H3;1H/q+1;/p-1. The summed E-state index contributed by atoms with van der Waals surface area (Å²) in [4.78, 5) is 4.25. The molecule has 8 heteroatoms. The Morgan fingerprint density at radius 1 is 1.25 bits per heavy atom. The van der Waals surface area contributed by atoms with Crippen LogP contribution in [0.15, 0.2) is 24.5 Å². The van der Waals surface area contributed by atoms with Crippen LogP contribution in [-0.2, 0) is 12.7 Å². The molecule has 130 valence electrons. The summed E-state index contributed by atoms with van der Waals surface area (Å²) in [6.45, 7) is 2.48. The van der Waals surface area contributed by atoms with Gasteiger partial charge >= 0.3 is 6.18 Å². The second-order valence-corrected chi connectivity index (χ2v) is 6.44. The minimum atomic E-state index is -4.47. The average Bonchev–Trinajstić information content (AvgIpc) is 2.76. The van der Waals surface area contributed by atoms with Crippen molar-refractivity contribution in [3.8, 4) is 11.8 Å². The summed E-state index contributed by atoms with van der Waals surface area (Å²) in [6.07, 6.45) is -2.93. The number of imidazole rings is 1. The number of quaternary nitrogens is 1. The zero-order chi connectivity index (χ0) is 17.4. The van der Waals surface area contributed by atoms with E-state index in [-0.39, 0.29) is 29.5 Å². The number of hydrogen-bond donors (Lipinski definition) is 0. The highest BCUT2D eigenvalue weighted by Crippen LogP contribution is 2.31. The maximum Gasteiger partial charge on any atom is 0.416 e. The number of nitrogens with zero attached hydrogens (tertiary/aromatic N) is 4. The molecule has 24 heavy (non-hydrogen) atoms. The summed E-state index contributed by atoms with van der Waals surface area (Å²) in [5, 5.41) is 9.25. The van der Waals surface area contributed by atoms with Crippen LogP contribution in [0.3, 0.4) is 0 Å². The fourth-order valence-electron chi connectivity index (χ4n) is 2.32. The summed E-state index contributed by atoms with van der Waals surface area (Å²) >= 11 is 0. The molecular weight excluding hydrogens is 432 g/mol. The Balaban J connectivity index is 0.00000288. The number of aromatic nitrogens is 2. The smallest absolute Gasteiger partial charge is 0.416 e. The summed E-state index contributed by atoms with van der Waals surface area (Å²) in [5.41, 5.74) is 1.21. The van der Waals surface area contributed by atoms with Gasteiger partial charge in [-0.15, -0.1) is 0 Å². The zero-order valence-corrected chi connectivity index (χ0v) is 16.0. The molecule has 1 aromatic heterocycles. The molecule has 0 aliphatic rings. The Bertz CT molecular complexity index is 767. The van der Waals surface area contributed by atoms with E-state index >= 15 is 0 Å². The van der Waals surface area contributed by atoms with Crippen LogP contribution in [0.25, 0.3) is 5.69 Å². The lowest BCUT2D eigenvalue weighted by Gasteiger charge is -2.25. The summed E-state index contributed by atoms with van der Waals surface area (Å²) in [7, 11) is 6.03. The van der Waals surface area contributed by atoms with Crippen molar-refractivity contribution < 1.29 is 41.6 Å². The molecule has 4 nitrogen and oxygen atoms in total. The normalized spacial score (nSPS) is 11.8. The van der Waals surface area contributed by atoms with E-state index in [4.69, 9.17) is 0 Å². The van der Waals surface area contributed by atoms with Crippen LogP contribution in [0, 0.1) is 18.3 Å². The minimum absolute atomic E-state index is 0. The Labute approximate surface area is 156 Å². The third-order valence-corrected chi connectivity index (χ3v) is 3.40. The second-order valence-electron chi connectivity index (χ2n) is 6.44. The summed E-state index contributed by atoms with van der Waals surface area (Å²) in [5.74, 6) is 0. The lowest BCUT2D eigenvalue weighted by Crippen LogP contribution is -3.00. The Morgan fingerprint density at radius 3 is 2.38 bits per heavy atom. The van der Waals surface area contributed by atoms with Gasteiger partial charge in [0.25, 0.3) is 0 Å². The molecule has 0 saturated carbocycles. The van der Waals surface area contributed by atoms with Crippen LogP contribution >= 0.6 is 0 Å². The first-order chi connectivity index (χ1) is 10.5. The van der Waals surface area contributed by atoms with E-state index in [0.29, 0.717) is 16.7 Å². The van der Waals surface area contributed by atoms with E-state index in [0.717, 1.165) is 23.5 Å². The molecule has 0 fully saturated rings. The van der Waals surface area contributed by atoms with Crippen LogP contribution in [0.5, 0.6) is 0 Å². The number of alkyl halides is 3. The van der Waals surface area contributed by atoms with E-state index in [1.165, 1.54) is 6.07 Å². The Morgan fingerprint density at radius 2 is 1.88 bits per heavy atom. The third kappa shape index (κ3) is 4.48. The first kappa shape index (κ1) is 20.4. The maximum absolute atomic E-state index is 12.8. The molecule has 0 radical (unpaired) electrons. The van der Waals surface area contributed by atoms with Gasteiger partial charge in [0.05, 0.1) is 50.0 Å². The lowest BCUT2D eigenvalue weighted by molar-refractivity contribution is -0.884. The van der Waals surface area contributed by atoms with Crippen molar-refractivity contribution in [2.24, 2.45) is 0 Å². The third-order valence-electron chi connectivity index (χ3n) is 3.40. The van der Waals surface area contributed by atoms with Gasteiger partial charge in [-0.05, 0) is 25.1 Å². The van der Waals surface area contributed by atoms with Crippen LogP contribution in [0.1, 0.15) is 22.5 Å². The van der Waals surface area contributed by atoms with Gasteiger partial charge in [-0.2, -0.15) is 18.4 Å². The van der Waals surface area contributed by atoms with E-state index in [2.05, 4.69) is 4.98 Å². The van der Waals surface area contributed by atoms with Gasteiger partial charge in [-0.1, -0.05) is 0 Å². The van der Waals surface area contributed by atoms with Crippen molar-refractivity contribution in [1.29, 1.82) is 5.26 Å². The van der Waals surface area contributed by atoms with Crippen molar-refractivity contribution in [2.45, 2.75) is 19.6 Å². The quantitative estimate of drug-likeness (QED) is 0.499. The second kappa shape index (κ2) is 7.11. The molecule has 0 bridgehead atoms. The molecule has 0 spiro atoms. The molecule has 2 rings (SSSR count). The first-order valence-corrected chi connectivity index (χ1v) is 6.98. The van der Waals surface area contributed by atoms with Gasteiger partial charge in [0, 0.05) is 0 Å². The fourth-order valence-corrected chi connectivity index (χ4v) is 2.32. The molecule has 0 aliphatic heterocycles. The molecule has 0 unspecified atom stereocenters. The monoisotopic (exact) mass is 450 g/mol. The van der Waals surface area contributed by atoms with Crippen LogP contribution in [0.2, 0.25) is 0 Å². The van der Waals surface area contributed by atoms with Crippen molar-refractivity contribution in [2.75, 3.05) is 21.1 Å². The van der Waals surface area contributed by atoms with E-state index in [1.807, 2.05) is 34.1 Å². The zero-order valence-electron chi connectivity index (χ0n) is 13.8. The average molecular weight is 450 g/mol. The Kier molecular flexibility index (Phi) is 6.05. The van der Waals surface area contributed by atoms with E-state index in [1.54, 1.807) is 10.9 Å². The molecule has 0 saturated heterocycles. The van der Waals surface area contributed by atoms with E-state index < -0.39 is 11.7 Å². The molecule has 0 amide bonds. The number of aryl methyl sites for hydroxylation is 1. The molecule has 1 heterocycles.